The van der Waals surface area contributed by atoms with E-state index in [9.17, 15) is 4.79 Å². The fourth-order valence-electron chi connectivity index (χ4n) is 0.552. The van der Waals surface area contributed by atoms with Gasteiger partial charge >= 0.3 is 5.97 Å². The molecular formula is C7H11BrO2. The van der Waals surface area contributed by atoms with Crippen LogP contribution in [0.25, 0.3) is 0 Å². The first-order valence-corrected chi connectivity index (χ1v) is 4.32. The molecule has 0 aliphatic carbocycles. The number of alkyl halides is 1. The smallest absolute Gasteiger partial charge is 0.303 e. The number of halogens is 1. The number of aliphatic carboxylic acids is 1. The number of allylic oxidation sites excluding steroid dienone is 2. The van der Waals surface area contributed by atoms with E-state index in [0.717, 1.165) is 18.2 Å². The highest BCUT2D eigenvalue weighted by molar-refractivity contribution is 9.09. The highest BCUT2D eigenvalue weighted by atomic mass is 79.9. The van der Waals surface area contributed by atoms with Gasteiger partial charge in [-0.25, -0.2) is 0 Å². The van der Waals surface area contributed by atoms with E-state index in [0.29, 0.717) is 0 Å². The largest absolute Gasteiger partial charge is 0.481 e. The zero-order chi connectivity index (χ0) is 7.82. The Kier molecular flexibility index (Phi) is 6.59. The molecule has 0 amide bonds. The summed E-state index contributed by atoms with van der Waals surface area (Å²) < 4.78 is 0. The van der Waals surface area contributed by atoms with Gasteiger partial charge in [0.25, 0.3) is 0 Å². The lowest BCUT2D eigenvalue weighted by molar-refractivity contribution is -0.137. The van der Waals surface area contributed by atoms with Crippen molar-refractivity contribution in [1.82, 2.24) is 0 Å². The van der Waals surface area contributed by atoms with E-state index >= 15 is 0 Å². The maximum atomic E-state index is 10.00. The van der Waals surface area contributed by atoms with Gasteiger partial charge in [0.05, 0.1) is 0 Å². The van der Waals surface area contributed by atoms with Crippen molar-refractivity contribution in [3.63, 3.8) is 0 Å². The first-order valence-electron chi connectivity index (χ1n) is 3.20. The molecule has 58 valence electrons. The Morgan fingerprint density at radius 2 is 2.20 bits per heavy atom. The summed E-state index contributed by atoms with van der Waals surface area (Å²) in [5.41, 5.74) is 0. The standard InChI is InChI=1S/C7H11BrO2/c8-6-4-2-1-3-5-7(9)10/h2,4H,1,3,5-6H2,(H,9,10)/b4-2-. The minimum absolute atomic E-state index is 0.270. The van der Waals surface area contributed by atoms with Crippen molar-refractivity contribution in [2.45, 2.75) is 19.3 Å². The molecule has 0 spiro atoms. The van der Waals surface area contributed by atoms with E-state index in [2.05, 4.69) is 15.9 Å². The molecular weight excluding hydrogens is 196 g/mol. The molecule has 0 saturated carbocycles. The van der Waals surface area contributed by atoms with Gasteiger partial charge in [-0.05, 0) is 12.8 Å². The molecule has 0 atom stereocenters. The van der Waals surface area contributed by atoms with Crippen LogP contribution in [0.3, 0.4) is 0 Å². The Balaban J connectivity index is 3.05. The molecule has 0 radical (unpaired) electrons. The fraction of sp³-hybridized carbons (Fsp3) is 0.571. The zero-order valence-corrected chi connectivity index (χ0v) is 7.30. The van der Waals surface area contributed by atoms with E-state index in [1.165, 1.54) is 0 Å². The Hall–Kier alpha value is -0.310. The average molecular weight is 207 g/mol. The van der Waals surface area contributed by atoms with Gasteiger partial charge in [0.15, 0.2) is 0 Å². The first kappa shape index (κ1) is 9.69. The molecule has 0 saturated heterocycles. The normalized spacial score (nSPS) is 10.5. The molecule has 0 aromatic rings. The van der Waals surface area contributed by atoms with Crippen LogP contribution in [-0.2, 0) is 4.79 Å². The first-order chi connectivity index (χ1) is 4.77. The fourth-order valence-corrected chi connectivity index (χ4v) is 0.816. The van der Waals surface area contributed by atoms with Crippen LogP contribution in [-0.4, -0.2) is 16.4 Å². The van der Waals surface area contributed by atoms with Gasteiger partial charge in [0.2, 0.25) is 0 Å². The van der Waals surface area contributed by atoms with Crippen LogP contribution in [0.2, 0.25) is 0 Å². The van der Waals surface area contributed by atoms with Gasteiger partial charge in [-0.1, -0.05) is 28.1 Å². The van der Waals surface area contributed by atoms with Crippen LogP contribution in [0.5, 0.6) is 0 Å². The third kappa shape index (κ3) is 7.69. The minimum Gasteiger partial charge on any atom is -0.481 e. The summed E-state index contributed by atoms with van der Waals surface area (Å²) in [5, 5.41) is 9.08. The zero-order valence-electron chi connectivity index (χ0n) is 5.72. The number of carboxylic acid groups (broad SMARTS) is 1. The minimum atomic E-state index is -0.716. The lowest BCUT2D eigenvalue weighted by atomic mass is 10.2. The third-order valence-corrected chi connectivity index (χ3v) is 1.39. The van der Waals surface area contributed by atoms with E-state index in [1.54, 1.807) is 0 Å². The van der Waals surface area contributed by atoms with Crippen molar-refractivity contribution in [3.05, 3.63) is 12.2 Å². The maximum absolute atomic E-state index is 10.00. The van der Waals surface area contributed by atoms with Crippen molar-refractivity contribution in [3.8, 4) is 0 Å². The second kappa shape index (κ2) is 6.81. The number of carbonyl (C=O) groups is 1. The van der Waals surface area contributed by atoms with E-state index in [4.69, 9.17) is 5.11 Å². The summed E-state index contributed by atoms with van der Waals surface area (Å²) in [6, 6.07) is 0. The number of carboxylic acids is 1. The molecule has 10 heavy (non-hydrogen) atoms. The van der Waals surface area contributed by atoms with Gasteiger partial charge in [0, 0.05) is 11.8 Å². The summed E-state index contributed by atoms with van der Waals surface area (Å²) in [4.78, 5) is 10.00. The van der Waals surface area contributed by atoms with Crippen molar-refractivity contribution in [2.75, 3.05) is 5.33 Å². The molecule has 0 rings (SSSR count). The topological polar surface area (TPSA) is 37.3 Å². The number of hydrogen-bond acceptors (Lipinski definition) is 1. The highest BCUT2D eigenvalue weighted by Gasteiger charge is 1.92. The molecule has 0 heterocycles. The van der Waals surface area contributed by atoms with E-state index in [-0.39, 0.29) is 6.42 Å². The van der Waals surface area contributed by atoms with Gasteiger partial charge in [-0.3, -0.25) is 4.79 Å². The van der Waals surface area contributed by atoms with Crippen molar-refractivity contribution in [2.24, 2.45) is 0 Å². The van der Waals surface area contributed by atoms with Gasteiger partial charge in [-0.15, -0.1) is 0 Å². The quantitative estimate of drug-likeness (QED) is 0.426. The highest BCUT2D eigenvalue weighted by Crippen LogP contribution is 1.96. The molecule has 0 aliphatic heterocycles. The summed E-state index contributed by atoms with van der Waals surface area (Å²) in [5.74, 6) is -0.716. The average Bonchev–Trinajstić information content (AvgIpc) is 1.87. The van der Waals surface area contributed by atoms with Crippen LogP contribution >= 0.6 is 15.9 Å². The molecule has 2 nitrogen and oxygen atoms in total. The van der Waals surface area contributed by atoms with Gasteiger partial charge in [0.1, 0.15) is 0 Å². The molecule has 0 bridgehead atoms. The number of hydrogen-bond donors (Lipinski definition) is 1. The van der Waals surface area contributed by atoms with E-state index < -0.39 is 5.97 Å². The monoisotopic (exact) mass is 206 g/mol. The second-order valence-corrected chi connectivity index (χ2v) is 2.56. The van der Waals surface area contributed by atoms with E-state index in [1.807, 2.05) is 12.2 Å². The lowest BCUT2D eigenvalue weighted by Gasteiger charge is -1.88. The molecule has 0 aromatic heterocycles. The summed E-state index contributed by atoms with van der Waals surface area (Å²) in [7, 11) is 0. The molecule has 1 N–H and O–H groups in total. The predicted molar refractivity (Wildman–Crippen MR) is 44.4 cm³/mol. The molecule has 0 unspecified atom stereocenters. The molecule has 0 aromatic carbocycles. The Labute approximate surface area is 69.1 Å². The lowest BCUT2D eigenvalue weighted by Crippen LogP contribution is -1.92. The summed E-state index contributed by atoms with van der Waals surface area (Å²) >= 11 is 3.23. The van der Waals surface area contributed by atoms with Gasteiger partial charge in [-0.2, -0.15) is 0 Å². The second-order valence-electron chi connectivity index (χ2n) is 1.91. The van der Waals surface area contributed by atoms with Crippen LogP contribution in [0, 0.1) is 0 Å². The summed E-state index contributed by atoms with van der Waals surface area (Å²) in [6.07, 6.45) is 5.82. The van der Waals surface area contributed by atoms with Crippen molar-refractivity contribution in [1.29, 1.82) is 0 Å². The van der Waals surface area contributed by atoms with Crippen LogP contribution < -0.4 is 0 Å². The number of unbranched alkanes of at least 4 members (excludes halogenated alkanes) is 1. The molecule has 0 fully saturated rings. The maximum Gasteiger partial charge on any atom is 0.303 e. The third-order valence-electron chi connectivity index (χ3n) is 1.02. The summed E-state index contributed by atoms with van der Waals surface area (Å²) in [6.45, 7) is 0. The predicted octanol–water partition coefficient (Wildman–Crippen LogP) is 2.19. The Bertz CT molecular complexity index is 121. The van der Waals surface area contributed by atoms with Crippen LogP contribution in [0.4, 0.5) is 0 Å². The Morgan fingerprint density at radius 1 is 1.50 bits per heavy atom. The van der Waals surface area contributed by atoms with Crippen LogP contribution in [0.15, 0.2) is 12.2 Å². The van der Waals surface area contributed by atoms with Crippen molar-refractivity contribution < 1.29 is 9.90 Å². The van der Waals surface area contributed by atoms with Crippen molar-refractivity contribution >= 4 is 21.9 Å². The Morgan fingerprint density at radius 3 is 2.70 bits per heavy atom. The molecule has 0 aliphatic rings. The number of rotatable bonds is 5. The van der Waals surface area contributed by atoms with Gasteiger partial charge < -0.3 is 5.11 Å². The SMILES string of the molecule is O=C(O)CCC/C=C\CBr. The molecule has 3 heteroatoms. The van der Waals surface area contributed by atoms with Crippen LogP contribution in [0.1, 0.15) is 19.3 Å².